The molecule has 3 aromatic rings. The van der Waals surface area contributed by atoms with Crippen molar-refractivity contribution in [2.45, 2.75) is 44.1 Å². The molecule has 3 aromatic carbocycles. The highest BCUT2D eigenvalue weighted by atomic mass is 16.5. The minimum atomic E-state index is -0.507. The molecule has 34 heavy (non-hydrogen) atoms. The van der Waals surface area contributed by atoms with Crippen molar-refractivity contribution in [2.24, 2.45) is 5.73 Å². The largest absolute Gasteiger partial charge is 0.487 e. The SMILES string of the molecule is NC(=O)c1cccc(N2C[C@@H](c3ccc(Oc4ccccc4)c(OC4CCCC4)c3)CC2=O)c1. The summed E-state index contributed by atoms with van der Waals surface area (Å²) in [5.41, 5.74) is 7.54. The van der Waals surface area contributed by atoms with Crippen LogP contribution in [0.5, 0.6) is 17.2 Å². The number of carbonyl (C=O) groups excluding carboxylic acids is 2. The summed E-state index contributed by atoms with van der Waals surface area (Å²) in [6.45, 7) is 0.531. The van der Waals surface area contributed by atoms with E-state index in [-0.39, 0.29) is 17.9 Å². The van der Waals surface area contributed by atoms with Crippen LogP contribution in [-0.4, -0.2) is 24.5 Å². The third-order valence-electron chi connectivity index (χ3n) is 6.57. The second kappa shape index (κ2) is 9.59. The third kappa shape index (κ3) is 4.76. The van der Waals surface area contributed by atoms with Gasteiger partial charge in [0.25, 0.3) is 0 Å². The van der Waals surface area contributed by atoms with E-state index in [9.17, 15) is 9.59 Å². The standard InChI is InChI=1S/C28H28N2O4/c29-28(32)20-7-6-8-22(15-20)30-18-21(17-27(30)31)19-13-14-25(33-23-9-2-1-3-10-23)26(16-19)34-24-11-4-5-12-24/h1-3,6-10,13-16,21,24H,4-5,11-12,17-18H2,(H2,29,32)/t21-/m0/s1. The predicted molar refractivity (Wildman–Crippen MR) is 131 cm³/mol. The number of primary amides is 1. The number of rotatable bonds is 7. The summed E-state index contributed by atoms with van der Waals surface area (Å²) in [6, 6.07) is 22.6. The highest BCUT2D eigenvalue weighted by Crippen LogP contribution is 2.39. The first-order valence-electron chi connectivity index (χ1n) is 11.8. The Morgan fingerprint density at radius 1 is 0.912 bits per heavy atom. The second-order valence-electron chi connectivity index (χ2n) is 8.97. The van der Waals surface area contributed by atoms with Gasteiger partial charge in [0, 0.05) is 30.1 Å². The van der Waals surface area contributed by atoms with E-state index < -0.39 is 5.91 Å². The van der Waals surface area contributed by atoms with Gasteiger partial charge in [-0.05, 0) is 73.7 Å². The summed E-state index contributed by atoms with van der Waals surface area (Å²) in [4.78, 5) is 26.2. The molecular weight excluding hydrogens is 428 g/mol. The molecule has 1 atom stereocenters. The number of nitrogens with two attached hydrogens (primary N) is 1. The van der Waals surface area contributed by atoms with Gasteiger partial charge in [0.2, 0.25) is 11.8 Å². The van der Waals surface area contributed by atoms with Gasteiger partial charge in [0.05, 0.1) is 6.10 Å². The van der Waals surface area contributed by atoms with Gasteiger partial charge in [-0.3, -0.25) is 9.59 Å². The minimum Gasteiger partial charge on any atom is -0.487 e. The Bertz CT molecular complexity index is 1190. The van der Waals surface area contributed by atoms with E-state index in [4.69, 9.17) is 15.2 Å². The van der Waals surface area contributed by atoms with E-state index in [1.807, 2.05) is 54.6 Å². The number of hydrogen-bond donors (Lipinski definition) is 1. The molecule has 1 saturated carbocycles. The number of anilines is 1. The lowest BCUT2D eigenvalue weighted by atomic mass is 9.98. The molecule has 2 N–H and O–H groups in total. The second-order valence-corrected chi connectivity index (χ2v) is 8.97. The fraction of sp³-hybridized carbons (Fsp3) is 0.286. The fourth-order valence-electron chi connectivity index (χ4n) is 4.76. The lowest BCUT2D eigenvalue weighted by molar-refractivity contribution is -0.117. The maximum atomic E-state index is 12.9. The van der Waals surface area contributed by atoms with Crippen LogP contribution in [0, 0.1) is 0 Å². The van der Waals surface area contributed by atoms with Gasteiger partial charge in [0.1, 0.15) is 5.75 Å². The number of ether oxygens (including phenoxy) is 2. The van der Waals surface area contributed by atoms with Crippen LogP contribution in [0.1, 0.15) is 53.9 Å². The van der Waals surface area contributed by atoms with Crippen LogP contribution in [0.2, 0.25) is 0 Å². The highest BCUT2D eigenvalue weighted by molar-refractivity contribution is 5.99. The number of hydrogen-bond acceptors (Lipinski definition) is 4. The number of para-hydroxylation sites is 1. The predicted octanol–water partition coefficient (Wildman–Crippen LogP) is 5.42. The van der Waals surface area contributed by atoms with E-state index in [2.05, 4.69) is 0 Å². The van der Waals surface area contributed by atoms with Gasteiger partial charge < -0.3 is 20.1 Å². The summed E-state index contributed by atoms with van der Waals surface area (Å²) < 4.78 is 12.5. The van der Waals surface area contributed by atoms with Gasteiger partial charge in [-0.2, -0.15) is 0 Å². The molecule has 0 spiro atoms. The number of nitrogens with zero attached hydrogens (tertiary/aromatic N) is 1. The lowest BCUT2D eigenvalue weighted by Crippen LogP contribution is -2.24. The van der Waals surface area contributed by atoms with Crippen LogP contribution in [0.25, 0.3) is 0 Å². The molecule has 2 fully saturated rings. The van der Waals surface area contributed by atoms with Gasteiger partial charge >= 0.3 is 0 Å². The van der Waals surface area contributed by atoms with Crippen molar-refractivity contribution in [1.29, 1.82) is 0 Å². The summed E-state index contributed by atoms with van der Waals surface area (Å²) in [5.74, 6) is 1.68. The topological polar surface area (TPSA) is 81.9 Å². The Labute approximate surface area is 199 Å². The number of carbonyl (C=O) groups is 2. The molecule has 6 nitrogen and oxygen atoms in total. The summed E-state index contributed by atoms with van der Waals surface area (Å²) >= 11 is 0. The van der Waals surface area contributed by atoms with E-state index in [0.717, 1.165) is 29.9 Å². The first-order chi connectivity index (χ1) is 16.6. The Kier molecular flexibility index (Phi) is 6.21. The zero-order valence-electron chi connectivity index (χ0n) is 19.0. The van der Waals surface area contributed by atoms with Gasteiger partial charge in [0.15, 0.2) is 11.5 Å². The first-order valence-corrected chi connectivity index (χ1v) is 11.8. The van der Waals surface area contributed by atoms with Crippen LogP contribution in [-0.2, 0) is 4.79 Å². The molecular formula is C28H28N2O4. The molecule has 5 rings (SSSR count). The average molecular weight is 457 g/mol. The molecule has 1 heterocycles. The average Bonchev–Trinajstić information content (AvgIpc) is 3.50. The third-order valence-corrected chi connectivity index (χ3v) is 6.57. The van der Waals surface area contributed by atoms with Crippen molar-refractivity contribution in [3.8, 4) is 17.2 Å². The number of amides is 2. The van der Waals surface area contributed by atoms with Crippen molar-refractivity contribution in [3.05, 3.63) is 83.9 Å². The summed E-state index contributed by atoms with van der Waals surface area (Å²) in [7, 11) is 0. The first kappa shape index (κ1) is 22.0. The molecule has 0 bridgehead atoms. The molecule has 2 amide bonds. The van der Waals surface area contributed by atoms with E-state index in [1.165, 1.54) is 12.8 Å². The zero-order valence-corrected chi connectivity index (χ0v) is 19.0. The molecule has 0 aromatic heterocycles. The quantitative estimate of drug-likeness (QED) is 0.515. The van der Waals surface area contributed by atoms with Crippen LogP contribution in [0.15, 0.2) is 72.8 Å². The lowest BCUT2D eigenvalue weighted by Gasteiger charge is -2.20. The monoisotopic (exact) mass is 456 g/mol. The van der Waals surface area contributed by atoms with Gasteiger partial charge in [-0.1, -0.05) is 30.3 Å². The minimum absolute atomic E-state index is 0.0152. The molecule has 0 radical (unpaired) electrons. The summed E-state index contributed by atoms with van der Waals surface area (Å²) in [5, 5.41) is 0. The van der Waals surface area contributed by atoms with Gasteiger partial charge in [-0.15, -0.1) is 0 Å². The molecule has 1 aliphatic heterocycles. The highest BCUT2D eigenvalue weighted by Gasteiger charge is 2.32. The van der Waals surface area contributed by atoms with Crippen molar-refractivity contribution in [2.75, 3.05) is 11.4 Å². The van der Waals surface area contributed by atoms with Gasteiger partial charge in [-0.25, -0.2) is 0 Å². The summed E-state index contributed by atoms with van der Waals surface area (Å²) in [6.07, 6.45) is 5.02. The molecule has 174 valence electrons. The fourth-order valence-corrected chi connectivity index (χ4v) is 4.76. The zero-order chi connectivity index (χ0) is 23.5. The van der Waals surface area contributed by atoms with E-state index in [1.54, 1.807) is 23.1 Å². The molecule has 1 saturated heterocycles. The Balaban J connectivity index is 1.40. The number of benzene rings is 3. The van der Waals surface area contributed by atoms with Crippen LogP contribution in [0.3, 0.4) is 0 Å². The maximum absolute atomic E-state index is 12.9. The normalized spacial score (nSPS) is 18.3. The Hall–Kier alpha value is -3.80. The van der Waals surface area contributed by atoms with Crippen LogP contribution < -0.4 is 20.1 Å². The van der Waals surface area contributed by atoms with Crippen LogP contribution >= 0.6 is 0 Å². The van der Waals surface area contributed by atoms with Crippen molar-refractivity contribution >= 4 is 17.5 Å². The Morgan fingerprint density at radius 2 is 1.71 bits per heavy atom. The molecule has 2 aliphatic rings. The Morgan fingerprint density at radius 3 is 2.47 bits per heavy atom. The molecule has 6 heteroatoms. The molecule has 0 unspecified atom stereocenters. The van der Waals surface area contributed by atoms with Crippen molar-refractivity contribution in [3.63, 3.8) is 0 Å². The molecule has 1 aliphatic carbocycles. The van der Waals surface area contributed by atoms with E-state index >= 15 is 0 Å². The van der Waals surface area contributed by atoms with Crippen LogP contribution in [0.4, 0.5) is 5.69 Å². The maximum Gasteiger partial charge on any atom is 0.248 e. The van der Waals surface area contributed by atoms with Crippen molar-refractivity contribution in [1.82, 2.24) is 0 Å². The smallest absolute Gasteiger partial charge is 0.248 e. The van der Waals surface area contributed by atoms with E-state index in [0.29, 0.717) is 30.0 Å². The van der Waals surface area contributed by atoms with Crippen molar-refractivity contribution < 1.29 is 19.1 Å².